The Hall–Kier alpha value is -4.11. The van der Waals surface area contributed by atoms with Gasteiger partial charge < -0.3 is 18.9 Å². The van der Waals surface area contributed by atoms with Gasteiger partial charge in [0.1, 0.15) is 6.61 Å². The molecule has 4 rings (SSSR count). The zero-order chi connectivity index (χ0) is 26.2. The molecule has 0 bridgehead atoms. The van der Waals surface area contributed by atoms with Gasteiger partial charge in [-0.2, -0.15) is 0 Å². The number of thioether (sulfide) groups is 1. The normalized spacial score (nSPS) is 20.5. The van der Waals surface area contributed by atoms with Crippen molar-refractivity contribution in [1.82, 2.24) is 0 Å². The van der Waals surface area contributed by atoms with Gasteiger partial charge >= 0.3 is 23.9 Å². The summed E-state index contributed by atoms with van der Waals surface area (Å²) < 4.78 is 22.4. The number of carbonyl (C=O) groups is 4. The Morgan fingerprint density at radius 3 is 1.51 bits per heavy atom. The van der Waals surface area contributed by atoms with Crippen LogP contribution in [-0.4, -0.2) is 53.4 Å². The summed E-state index contributed by atoms with van der Waals surface area (Å²) in [6.07, 6.45) is -2.21. The van der Waals surface area contributed by atoms with Crippen molar-refractivity contribution < 1.29 is 38.1 Å². The minimum Gasteiger partial charge on any atom is -0.461 e. The molecular weight excluding hydrogens is 496 g/mol. The molecule has 1 saturated heterocycles. The van der Waals surface area contributed by atoms with Crippen LogP contribution >= 0.6 is 11.8 Å². The Labute approximate surface area is 217 Å². The van der Waals surface area contributed by atoms with Crippen LogP contribution in [0.15, 0.2) is 91.0 Å². The van der Waals surface area contributed by atoms with E-state index in [2.05, 4.69) is 0 Å². The van der Waals surface area contributed by atoms with E-state index in [-0.39, 0.29) is 17.7 Å². The smallest absolute Gasteiger partial charge is 0.338 e. The van der Waals surface area contributed by atoms with Crippen LogP contribution in [0.5, 0.6) is 0 Å². The molecule has 3 aromatic carbocycles. The van der Waals surface area contributed by atoms with E-state index in [1.54, 1.807) is 91.0 Å². The summed E-state index contributed by atoms with van der Waals surface area (Å²) in [5, 5.41) is -0.682. The Bertz CT molecular complexity index is 1230. The number of benzene rings is 3. The third-order valence-corrected chi connectivity index (χ3v) is 6.83. The summed E-state index contributed by atoms with van der Waals surface area (Å²) in [4.78, 5) is 50.2. The molecule has 0 amide bonds. The average Bonchev–Trinajstić information content (AvgIpc) is 3.23. The topological polar surface area (TPSA) is 105 Å². The lowest BCUT2D eigenvalue weighted by molar-refractivity contribution is -0.148. The van der Waals surface area contributed by atoms with Crippen molar-refractivity contribution in [3.8, 4) is 0 Å². The maximum Gasteiger partial charge on any atom is 0.338 e. The lowest BCUT2D eigenvalue weighted by Crippen LogP contribution is -2.42. The van der Waals surface area contributed by atoms with E-state index in [0.29, 0.717) is 5.56 Å². The van der Waals surface area contributed by atoms with Gasteiger partial charge in [-0.1, -0.05) is 54.6 Å². The van der Waals surface area contributed by atoms with Gasteiger partial charge in [0.2, 0.25) is 0 Å². The molecule has 0 N–H and O–H groups in total. The second-order valence-corrected chi connectivity index (χ2v) is 9.43. The zero-order valence-corrected chi connectivity index (χ0v) is 20.7. The molecule has 9 heteroatoms. The SMILES string of the molecule is CC(=O)OC1S[C@@H](COC(=O)c2ccccc2)[C@H](OC(=O)c2ccccc2)[C@H]1OC(=O)c1ccccc1. The van der Waals surface area contributed by atoms with E-state index in [1.165, 1.54) is 6.92 Å². The summed E-state index contributed by atoms with van der Waals surface area (Å²) in [5.41, 5.74) is -0.0659. The predicted octanol–water partition coefficient (Wildman–Crippen LogP) is 4.30. The number of rotatable bonds is 8. The van der Waals surface area contributed by atoms with Gasteiger partial charge in [0.15, 0.2) is 17.6 Å². The molecule has 0 radical (unpaired) electrons. The molecule has 1 fully saturated rings. The van der Waals surface area contributed by atoms with Gasteiger partial charge in [-0.3, -0.25) is 4.79 Å². The first-order valence-electron chi connectivity index (χ1n) is 11.5. The van der Waals surface area contributed by atoms with E-state index < -0.39 is 46.8 Å². The highest BCUT2D eigenvalue weighted by molar-refractivity contribution is 8.00. The van der Waals surface area contributed by atoms with Crippen molar-refractivity contribution in [1.29, 1.82) is 0 Å². The number of esters is 4. The van der Waals surface area contributed by atoms with Gasteiger partial charge in [0, 0.05) is 6.92 Å². The van der Waals surface area contributed by atoms with Crippen LogP contribution in [0, 0.1) is 0 Å². The second kappa shape index (κ2) is 12.2. The Morgan fingerprint density at radius 1 is 0.622 bits per heavy atom. The van der Waals surface area contributed by atoms with Crippen molar-refractivity contribution in [2.24, 2.45) is 0 Å². The van der Waals surface area contributed by atoms with Gasteiger partial charge in [0.05, 0.1) is 21.9 Å². The lowest BCUT2D eigenvalue weighted by Gasteiger charge is -2.25. The summed E-state index contributed by atoms with van der Waals surface area (Å²) in [6, 6.07) is 25.0. The summed E-state index contributed by atoms with van der Waals surface area (Å²) in [5.74, 6) is -2.50. The van der Waals surface area contributed by atoms with Crippen LogP contribution < -0.4 is 0 Å². The maximum absolute atomic E-state index is 12.9. The molecule has 1 aliphatic heterocycles. The van der Waals surface area contributed by atoms with Crippen molar-refractivity contribution in [3.63, 3.8) is 0 Å². The highest BCUT2D eigenvalue weighted by atomic mass is 32.2. The van der Waals surface area contributed by atoms with Crippen LogP contribution in [0.3, 0.4) is 0 Å². The molecule has 0 aromatic heterocycles. The van der Waals surface area contributed by atoms with Crippen molar-refractivity contribution in [3.05, 3.63) is 108 Å². The molecule has 0 aliphatic carbocycles. The van der Waals surface area contributed by atoms with Crippen molar-refractivity contribution in [2.45, 2.75) is 29.8 Å². The van der Waals surface area contributed by atoms with E-state index in [4.69, 9.17) is 18.9 Å². The molecule has 1 unspecified atom stereocenters. The van der Waals surface area contributed by atoms with Gasteiger partial charge in [0.25, 0.3) is 0 Å². The maximum atomic E-state index is 12.9. The number of carbonyl (C=O) groups excluding carboxylic acids is 4. The number of hydrogen-bond acceptors (Lipinski definition) is 9. The first-order chi connectivity index (χ1) is 17.9. The molecule has 1 aliphatic rings. The Morgan fingerprint density at radius 2 is 1.05 bits per heavy atom. The van der Waals surface area contributed by atoms with E-state index in [0.717, 1.165) is 11.8 Å². The van der Waals surface area contributed by atoms with Gasteiger partial charge in [-0.25, -0.2) is 14.4 Å². The van der Waals surface area contributed by atoms with Crippen LogP contribution in [0.4, 0.5) is 0 Å². The molecule has 37 heavy (non-hydrogen) atoms. The van der Waals surface area contributed by atoms with Gasteiger partial charge in [-0.05, 0) is 36.4 Å². The molecule has 3 aromatic rings. The summed E-state index contributed by atoms with van der Waals surface area (Å²) >= 11 is 1.09. The van der Waals surface area contributed by atoms with Crippen LogP contribution in [0.2, 0.25) is 0 Å². The van der Waals surface area contributed by atoms with E-state index in [9.17, 15) is 19.2 Å². The van der Waals surface area contributed by atoms with E-state index >= 15 is 0 Å². The van der Waals surface area contributed by atoms with Crippen molar-refractivity contribution in [2.75, 3.05) is 6.61 Å². The van der Waals surface area contributed by atoms with Crippen molar-refractivity contribution >= 4 is 35.6 Å². The standard InChI is InChI=1S/C28H24O8S/c1-18(29)34-28-24(36-27(32)21-15-9-4-10-16-21)23(35-26(31)20-13-7-3-8-14-20)22(37-28)17-33-25(30)19-11-5-2-6-12-19/h2-16,22-24,28H,17H2,1H3/t22-,23-,24+,28?/m0/s1. The Balaban J connectivity index is 1.58. The number of hydrogen-bond donors (Lipinski definition) is 0. The van der Waals surface area contributed by atoms with E-state index in [1.807, 2.05) is 0 Å². The molecule has 1 heterocycles. The minimum absolute atomic E-state index is 0.178. The third-order valence-electron chi connectivity index (χ3n) is 5.44. The summed E-state index contributed by atoms with van der Waals surface area (Å²) in [6.45, 7) is 1.05. The molecule has 0 saturated carbocycles. The third kappa shape index (κ3) is 6.77. The number of ether oxygens (including phenoxy) is 4. The highest BCUT2D eigenvalue weighted by Crippen LogP contribution is 2.40. The fourth-order valence-electron chi connectivity index (χ4n) is 3.70. The fraction of sp³-hybridized carbons (Fsp3) is 0.214. The zero-order valence-electron chi connectivity index (χ0n) is 19.9. The largest absolute Gasteiger partial charge is 0.461 e. The molecule has 8 nitrogen and oxygen atoms in total. The lowest BCUT2D eigenvalue weighted by atomic mass is 10.1. The predicted molar refractivity (Wildman–Crippen MR) is 135 cm³/mol. The highest BCUT2D eigenvalue weighted by Gasteiger charge is 2.51. The minimum atomic E-state index is -1.14. The van der Waals surface area contributed by atoms with Crippen LogP contribution in [0.25, 0.3) is 0 Å². The molecular formula is C28H24O8S. The van der Waals surface area contributed by atoms with Crippen LogP contribution in [0.1, 0.15) is 38.0 Å². The molecule has 190 valence electrons. The molecule has 4 atom stereocenters. The fourth-order valence-corrected chi connectivity index (χ4v) is 5.11. The monoisotopic (exact) mass is 520 g/mol. The van der Waals surface area contributed by atoms with Gasteiger partial charge in [-0.15, -0.1) is 11.8 Å². The second-order valence-electron chi connectivity index (χ2n) is 8.09. The molecule has 0 spiro atoms. The quantitative estimate of drug-likeness (QED) is 0.317. The Kier molecular flexibility index (Phi) is 8.58. The van der Waals surface area contributed by atoms with Crippen LogP contribution in [-0.2, 0) is 23.7 Å². The first kappa shape index (κ1) is 26.0. The average molecular weight is 521 g/mol. The summed E-state index contributed by atoms with van der Waals surface area (Å²) in [7, 11) is 0. The first-order valence-corrected chi connectivity index (χ1v) is 12.4.